The summed E-state index contributed by atoms with van der Waals surface area (Å²) >= 11 is 1.56. The lowest BCUT2D eigenvalue weighted by Crippen LogP contribution is -2.42. The van der Waals surface area contributed by atoms with Crippen LogP contribution in [0.5, 0.6) is 0 Å². The van der Waals surface area contributed by atoms with E-state index in [4.69, 9.17) is 0 Å². The second-order valence-corrected chi connectivity index (χ2v) is 5.93. The van der Waals surface area contributed by atoms with Crippen LogP contribution in [0.25, 0.3) is 0 Å². The fourth-order valence-electron chi connectivity index (χ4n) is 1.35. The average Bonchev–Trinajstić information content (AvgIpc) is 2.23. The quantitative estimate of drug-likeness (QED) is 0.812. The van der Waals surface area contributed by atoms with Crippen LogP contribution in [0, 0.1) is 0 Å². The Morgan fingerprint density at radius 3 is 2.53 bits per heavy atom. The van der Waals surface area contributed by atoms with Crippen LogP contribution in [-0.4, -0.2) is 26.3 Å². The molecule has 1 aromatic rings. The van der Waals surface area contributed by atoms with Gasteiger partial charge in [0.1, 0.15) is 0 Å². The van der Waals surface area contributed by atoms with Gasteiger partial charge < -0.3 is 4.98 Å². The minimum atomic E-state index is -0.525. The summed E-state index contributed by atoms with van der Waals surface area (Å²) in [6.07, 6.45) is 3.09. The van der Waals surface area contributed by atoms with Gasteiger partial charge in [0.15, 0.2) is 5.78 Å². The Labute approximate surface area is 103 Å². The van der Waals surface area contributed by atoms with Crippen LogP contribution in [0.1, 0.15) is 31.1 Å². The van der Waals surface area contributed by atoms with Crippen molar-refractivity contribution < 1.29 is 4.79 Å². The molecule has 1 N–H and O–H groups in total. The Hall–Kier alpha value is -1.30. The fraction of sp³-hybridized carbons (Fsp3) is 0.545. The molecule has 0 aliphatic rings. The summed E-state index contributed by atoms with van der Waals surface area (Å²) in [7, 11) is 0. The minimum absolute atomic E-state index is 0.0153. The van der Waals surface area contributed by atoms with Crippen molar-refractivity contribution in [3.8, 4) is 0 Å². The summed E-state index contributed by atoms with van der Waals surface area (Å²) in [4.78, 5) is 37.2. The number of hydrogen-bond acceptors (Lipinski definition) is 4. The monoisotopic (exact) mass is 256 g/mol. The highest BCUT2D eigenvalue weighted by molar-refractivity contribution is 7.99. The smallest absolute Gasteiger partial charge is 0.313 e. The third-order valence-electron chi connectivity index (χ3n) is 2.53. The highest BCUT2D eigenvalue weighted by Crippen LogP contribution is 2.21. The molecule has 0 atom stereocenters. The highest BCUT2D eigenvalue weighted by atomic mass is 32.2. The van der Waals surface area contributed by atoms with Gasteiger partial charge in [-0.25, -0.2) is 4.79 Å². The molecule has 0 aliphatic carbocycles. The first-order chi connectivity index (χ1) is 7.78. The van der Waals surface area contributed by atoms with E-state index in [1.807, 2.05) is 20.1 Å². The van der Waals surface area contributed by atoms with Crippen molar-refractivity contribution in [3.63, 3.8) is 0 Å². The Kier molecular flexibility index (Phi) is 3.98. The van der Waals surface area contributed by atoms with E-state index < -0.39 is 11.2 Å². The fourth-order valence-corrected chi connectivity index (χ4v) is 1.61. The largest absolute Gasteiger partial charge is 0.328 e. The SMILES string of the molecule is CSC(C)(C)Cn1c(=O)[nH]cc(C(C)=O)c1=O. The molecule has 1 aromatic heterocycles. The molecular weight excluding hydrogens is 240 g/mol. The zero-order valence-corrected chi connectivity index (χ0v) is 11.2. The normalized spacial score (nSPS) is 11.5. The Morgan fingerprint density at radius 2 is 2.06 bits per heavy atom. The maximum atomic E-state index is 11.9. The topological polar surface area (TPSA) is 71.9 Å². The molecule has 0 fully saturated rings. The number of aromatic amines is 1. The molecule has 0 unspecified atom stereocenters. The molecule has 17 heavy (non-hydrogen) atoms. The third kappa shape index (κ3) is 3.09. The number of aromatic nitrogens is 2. The molecule has 94 valence electrons. The molecule has 1 rings (SSSR count). The summed E-state index contributed by atoms with van der Waals surface area (Å²) < 4.78 is 0.833. The maximum Gasteiger partial charge on any atom is 0.328 e. The summed E-state index contributed by atoms with van der Waals surface area (Å²) in [5.74, 6) is -0.345. The molecule has 0 aliphatic heterocycles. The van der Waals surface area contributed by atoms with Gasteiger partial charge in [-0.2, -0.15) is 11.8 Å². The van der Waals surface area contributed by atoms with Gasteiger partial charge in [0.25, 0.3) is 5.56 Å². The van der Waals surface area contributed by atoms with Crippen molar-refractivity contribution in [2.75, 3.05) is 6.26 Å². The van der Waals surface area contributed by atoms with Crippen LogP contribution in [0.2, 0.25) is 0 Å². The number of rotatable bonds is 4. The standard InChI is InChI=1S/C11H16N2O3S/c1-7(14)8-5-12-10(16)13(9(8)15)6-11(2,3)17-4/h5H,6H2,1-4H3,(H,12,16). The number of carbonyl (C=O) groups is 1. The molecule has 0 saturated heterocycles. The number of carbonyl (C=O) groups excluding carboxylic acids is 1. The van der Waals surface area contributed by atoms with Gasteiger partial charge in [0.2, 0.25) is 0 Å². The minimum Gasteiger partial charge on any atom is -0.313 e. The van der Waals surface area contributed by atoms with E-state index in [2.05, 4.69) is 4.98 Å². The van der Waals surface area contributed by atoms with Gasteiger partial charge in [0.05, 0.1) is 5.56 Å². The van der Waals surface area contributed by atoms with Gasteiger partial charge >= 0.3 is 5.69 Å². The molecule has 0 bridgehead atoms. The Bertz CT molecular complexity index is 542. The molecule has 0 saturated carbocycles. The predicted molar refractivity (Wildman–Crippen MR) is 68.9 cm³/mol. The van der Waals surface area contributed by atoms with Crippen molar-refractivity contribution in [1.29, 1.82) is 0 Å². The first kappa shape index (κ1) is 13.8. The van der Waals surface area contributed by atoms with Crippen molar-refractivity contribution in [1.82, 2.24) is 9.55 Å². The number of hydrogen-bond donors (Lipinski definition) is 1. The summed E-state index contributed by atoms with van der Waals surface area (Å²) in [6, 6.07) is 0. The second-order valence-electron chi connectivity index (χ2n) is 4.42. The van der Waals surface area contributed by atoms with Crippen LogP contribution < -0.4 is 11.2 Å². The van der Waals surface area contributed by atoms with Gasteiger partial charge in [-0.3, -0.25) is 14.2 Å². The Morgan fingerprint density at radius 1 is 1.47 bits per heavy atom. The highest BCUT2D eigenvalue weighted by Gasteiger charge is 2.20. The lowest BCUT2D eigenvalue weighted by Gasteiger charge is -2.22. The van der Waals surface area contributed by atoms with Crippen LogP contribution in [0.3, 0.4) is 0 Å². The van der Waals surface area contributed by atoms with Crippen LogP contribution >= 0.6 is 11.8 Å². The van der Waals surface area contributed by atoms with E-state index in [1.165, 1.54) is 13.1 Å². The number of nitrogens with one attached hydrogen (secondary N) is 1. The molecular formula is C11H16N2O3S. The van der Waals surface area contributed by atoms with Crippen LogP contribution in [0.4, 0.5) is 0 Å². The van der Waals surface area contributed by atoms with E-state index in [0.717, 1.165) is 4.57 Å². The molecule has 0 radical (unpaired) electrons. The number of H-pyrrole nitrogens is 1. The van der Waals surface area contributed by atoms with Gasteiger partial charge in [-0.05, 0) is 27.0 Å². The van der Waals surface area contributed by atoms with Gasteiger partial charge in [-0.1, -0.05) is 0 Å². The van der Waals surface area contributed by atoms with Crippen LogP contribution in [0.15, 0.2) is 15.8 Å². The van der Waals surface area contributed by atoms with Crippen molar-refractivity contribution in [3.05, 3.63) is 32.6 Å². The van der Waals surface area contributed by atoms with E-state index in [-0.39, 0.29) is 22.6 Å². The predicted octanol–water partition coefficient (Wildman–Crippen LogP) is 0.881. The van der Waals surface area contributed by atoms with Gasteiger partial charge in [-0.15, -0.1) is 0 Å². The average molecular weight is 256 g/mol. The zero-order valence-electron chi connectivity index (χ0n) is 10.4. The number of Topliss-reactive ketones (excluding diaryl/α,β-unsaturated/α-hetero) is 1. The Balaban J connectivity index is 3.34. The van der Waals surface area contributed by atoms with Crippen LogP contribution in [-0.2, 0) is 6.54 Å². The summed E-state index contributed by atoms with van der Waals surface area (Å²) in [5, 5.41) is 0. The third-order valence-corrected chi connectivity index (χ3v) is 3.77. The molecule has 0 amide bonds. The summed E-state index contributed by atoms with van der Waals surface area (Å²) in [5.41, 5.74) is -0.994. The molecule has 6 heteroatoms. The molecule has 0 spiro atoms. The van der Waals surface area contributed by atoms with E-state index in [0.29, 0.717) is 0 Å². The lowest BCUT2D eigenvalue weighted by molar-refractivity contribution is 0.101. The maximum absolute atomic E-state index is 11.9. The molecule has 0 aromatic carbocycles. The van der Waals surface area contributed by atoms with E-state index in [9.17, 15) is 14.4 Å². The van der Waals surface area contributed by atoms with Crippen molar-refractivity contribution in [2.45, 2.75) is 32.1 Å². The van der Waals surface area contributed by atoms with Crippen molar-refractivity contribution in [2.24, 2.45) is 0 Å². The molecule has 5 nitrogen and oxygen atoms in total. The number of thioether (sulfide) groups is 1. The van der Waals surface area contributed by atoms with E-state index in [1.54, 1.807) is 11.8 Å². The lowest BCUT2D eigenvalue weighted by atomic mass is 10.2. The van der Waals surface area contributed by atoms with Crippen molar-refractivity contribution >= 4 is 17.5 Å². The first-order valence-electron chi connectivity index (χ1n) is 5.17. The molecule has 1 heterocycles. The first-order valence-corrected chi connectivity index (χ1v) is 6.39. The second kappa shape index (κ2) is 4.91. The number of nitrogens with zero attached hydrogens (tertiary/aromatic N) is 1. The van der Waals surface area contributed by atoms with E-state index >= 15 is 0 Å². The zero-order chi connectivity index (χ0) is 13.2. The van der Waals surface area contributed by atoms with Gasteiger partial charge in [0, 0.05) is 17.5 Å². The summed E-state index contributed by atoms with van der Waals surface area (Å²) in [6.45, 7) is 5.44. The number of ketones is 1.